The van der Waals surface area contributed by atoms with Gasteiger partial charge in [-0.25, -0.2) is 9.37 Å². The topological polar surface area (TPSA) is 124 Å². The molecule has 2 atom stereocenters. The number of likely N-dealkylation sites (tertiary alicyclic amines) is 1. The van der Waals surface area contributed by atoms with Crippen LogP contribution in [0.15, 0.2) is 22.9 Å². The van der Waals surface area contributed by atoms with Crippen LogP contribution in [0.2, 0.25) is 0 Å². The summed E-state index contributed by atoms with van der Waals surface area (Å²) in [5, 5.41) is 16.5. The molecule has 198 valence electrons. The Bertz CT molecular complexity index is 1280. The molecule has 1 aromatic carbocycles. The number of hydrogen-bond acceptors (Lipinski definition) is 6. The van der Waals surface area contributed by atoms with Gasteiger partial charge < -0.3 is 19.9 Å². The number of rotatable bonds is 8. The van der Waals surface area contributed by atoms with Gasteiger partial charge in [-0.3, -0.25) is 14.5 Å². The monoisotopic (exact) mass is 511 g/mol. The summed E-state index contributed by atoms with van der Waals surface area (Å²) < 4.78 is 20.7. The van der Waals surface area contributed by atoms with Crippen molar-refractivity contribution in [1.29, 1.82) is 0 Å². The van der Waals surface area contributed by atoms with Crippen LogP contribution in [-0.2, 0) is 17.8 Å². The summed E-state index contributed by atoms with van der Waals surface area (Å²) in [6.45, 7) is 4.99. The summed E-state index contributed by atoms with van der Waals surface area (Å²) in [5.74, 6) is -0.288. The Balaban J connectivity index is 1.44. The van der Waals surface area contributed by atoms with Gasteiger partial charge >= 0.3 is 5.97 Å². The molecule has 0 bridgehead atoms. The first kappa shape index (κ1) is 25.4. The third-order valence-electron chi connectivity index (χ3n) is 8.05. The molecule has 5 rings (SSSR count). The van der Waals surface area contributed by atoms with Gasteiger partial charge in [0, 0.05) is 12.1 Å². The molecule has 1 unspecified atom stereocenters. The van der Waals surface area contributed by atoms with Crippen LogP contribution in [0.3, 0.4) is 0 Å². The second kappa shape index (κ2) is 10.6. The molecule has 1 saturated carbocycles. The lowest BCUT2D eigenvalue weighted by Crippen LogP contribution is -2.36. The van der Waals surface area contributed by atoms with Gasteiger partial charge in [-0.1, -0.05) is 37.9 Å². The van der Waals surface area contributed by atoms with Crippen molar-refractivity contribution in [1.82, 2.24) is 25.3 Å². The summed E-state index contributed by atoms with van der Waals surface area (Å²) >= 11 is 0. The van der Waals surface area contributed by atoms with E-state index in [2.05, 4.69) is 27.4 Å². The minimum Gasteiger partial charge on any atom is -0.480 e. The first-order chi connectivity index (χ1) is 17.9. The number of nitrogens with zero attached hydrogens (tertiary/aromatic N) is 3. The van der Waals surface area contributed by atoms with Crippen LogP contribution in [0.5, 0.6) is 0 Å². The van der Waals surface area contributed by atoms with Gasteiger partial charge in [0.05, 0.1) is 17.3 Å². The number of aromatic nitrogens is 3. The number of aryl methyl sites for hydroxylation is 1. The normalized spacial score (nSPS) is 23.4. The standard InChI is InChI=1S/C27H34FN5O4/c1-3-19-18(14-37-32-19)26(34)31-23(16-8-6-15(2)7-9-16)25-29-20-11-10-17(22(28)24(20)30-25)13-33-12-4-5-21(33)27(35)36/h10-11,14-16,21,23H,3-9,12-13H2,1-2H3,(H,29,30)(H,31,34)(H,35,36)/t15?,16?,21-,23?/m1/s1. The van der Waals surface area contributed by atoms with E-state index in [0.29, 0.717) is 53.5 Å². The summed E-state index contributed by atoms with van der Waals surface area (Å²) in [4.78, 5) is 34.5. The van der Waals surface area contributed by atoms with Gasteiger partial charge in [0.1, 0.15) is 29.2 Å². The lowest BCUT2D eigenvalue weighted by molar-refractivity contribution is -0.142. The number of fused-ring (bicyclic) bond motifs is 1. The van der Waals surface area contributed by atoms with Crippen LogP contribution in [0, 0.1) is 17.7 Å². The fraction of sp³-hybridized carbons (Fsp3) is 0.556. The molecule has 2 aromatic heterocycles. The number of aromatic amines is 1. The minimum atomic E-state index is -0.875. The van der Waals surface area contributed by atoms with Crippen LogP contribution in [0.25, 0.3) is 11.0 Å². The maximum absolute atomic E-state index is 15.6. The number of H-pyrrole nitrogens is 1. The predicted molar refractivity (Wildman–Crippen MR) is 134 cm³/mol. The molecular formula is C27H34FN5O4. The van der Waals surface area contributed by atoms with Gasteiger partial charge in [0.2, 0.25) is 0 Å². The smallest absolute Gasteiger partial charge is 0.320 e. The van der Waals surface area contributed by atoms with E-state index in [1.54, 1.807) is 17.0 Å². The molecule has 0 spiro atoms. The lowest BCUT2D eigenvalue weighted by atomic mass is 9.79. The fourth-order valence-corrected chi connectivity index (χ4v) is 5.83. The number of benzene rings is 1. The zero-order chi connectivity index (χ0) is 26.1. The molecule has 10 heteroatoms. The predicted octanol–water partition coefficient (Wildman–Crippen LogP) is 4.60. The number of halogens is 1. The van der Waals surface area contributed by atoms with Gasteiger partial charge in [-0.15, -0.1) is 0 Å². The number of carbonyl (C=O) groups excluding carboxylic acids is 1. The SMILES string of the molecule is CCc1nocc1C(=O)NC(c1nc2c(F)c(CN3CCC[C@@H]3C(=O)O)ccc2[nH]1)C1CCC(C)CC1. The van der Waals surface area contributed by atoms with Crippen LogP contribution < -0.4 is 5.32 Å². The lowest BCUT2D eigenvalue weighted by Gasteiger charge is -2.32. The summed E-state index contributed by atoms with van der Waals surface area (Å²) in [6, 6.07) is 2.47. The highest BCUT2D eigenvalue weighted by Gasteiger charge is 2.33. The van der Waals surface area contributed by atoms with Crippen molar-refractivity contribution >= 4 is 22.9 Å². The van der Waals surface area contributed by atoms with E-state index in [0.717, 1.165) is 32.1 Å². The number of carboxylic acid groups (broad SMARTS) is 1. The number of hydrogen-bond donors (Lipinski definition) is 3. The molecule has 1 aliphatic carbocycles. The van der Waals surface area contributed by atoms with E-state index < -0.39 is 23.9 Å². The number of carbonyl (C=O) groups is 2. The van der Waals surface area contributed by atoms with Crippen LogP contribution in [0.1, 0.15) is 85.9 Å². The number of nitrogens with one attached hydrogen (secondary N) is 2. The van der Waals surface area contributed by atoms with Gasteiger partial charge in [0.15, 0.2) is 5.82 Å². The first-order valence-electron chi connectivity index (χ1n) is 13.2. The molecule has 1 amide bonds. The number of aliphatic carboxylic acids is 1. The average molecular weight is 512 g/mol. The highest BCUT2D eigenvalue weighted by molar-refractivity contribution is 5.95. The highest BCUT2D eigenvalue weighted by Crippen LogP contribution is 2.37. The average Bonchev–Trinajstić information content (AvgIpc) is 3.64. The molecule has 3 aromatic rings. The fourth-order valence-electron chi connectivity index (χ4n) is 5.83. The Morgan fingerprint density at radius 1 is 1.27 bits per heavy atom. The molecule has 37 heavy (non-hydrogen) atoms. The Hall–Kier alpha value is -3.27. The first-order valence-corrected chi connectivity index (χ1v) is 13.2. The number of imidazole rings is 1. The summed E-state index contributed by atoms with van der Waals surface area (Å²) in [7, 11) is 0. The molecule has 0 radical (unpaired) electrons. The van der Waals surface area contributed by atoms with Crippen molar-refractivity contribution in [3.05, 3.63) is 46.9 Å². The van der Waals surface area contributed by atoms with E-state index in [4.69, 9.17) is 4.52 Å². The van der Waals surface area contributed by atoms with E-state index in [1.165, 1.54) is 6.26 Å². The van der Waals surface area contributed by atoms with E-state index >= 15 is 4.39 Å². The van der Waals surface area contributed by atoms with Crippen LogP contribution in [0.4, 0.5) is 4.39 Å². The second-order valence-corrected chi connectivity index (χ2v) is 10.5. The maximum atomic E-state index is 15.6. The Labute approximate surface area is 214 Å². The second-order valence-electron chi connectivity index (χ2n) is 10.5. The van der Waals surface area contributed by atoms with Crippen LogP contribution >= 0.6 is 0 Å². The molecule has 1 saturated heterocycles. The Morgan fingerprint density at radius 2 is 2.05 bits per heavy atom. The van der Waals surface area contributed by atoms with Gasteiger partial charge in [0.25, 0.3) is 5.91 Å². The Morgan fingerprint density at radius 3 is 2.78 bits per heavy atom. The van der Waals surface area contributed by atoms with Crippen molar-refractivity contribution in [2.75, 3.05) is 6.54 Å². The maximum Gasteiger partial charge on any atom is 0.320 e. The van der Waals surface area contributed by atoms with E-state index in [1.807, 2.05) is 6.92 Å². The summed E-state index contributed by atoms with van der Waals surface area (Å²) in [5.41, 5.74) is 2.18. The largest absolute Gasteiger partial charge is 0.480 e. The zero-order valence-electron chi connectivity index (χ0n) is 21.3. The molecule has 2 aliphatic rings. The van der Waals surface area contributed by atoms with Crippen molar-refractivity contribution in [2.45, 2.75) is 77.4 Å². The van der Waals surface area contributed by atoms with Crippen molar-refractivity contribution < 1.29 is 23.6 Å². The van der Waals surface area contributed by atoms with Crippen molar-refractivity contribution in [3.8, 4) is 0 Å². The van der Waals surface area contributed by atoms with Crippen molar-refractivity contribution in [2.24, 2.45) is 11.8 Å². The number of carboxylic acids is 1. The third-order valence-corrected chi connectivity index (χ3v) is 8.05. The molecule has 2 fully saturated rings. The quantitative estimate of drug-likeness (QED) is 0.404. The molecule has 1 aliphatic heterocycles. The number of amides is 1. The minimum absolute atomic E-state index is 0.161. The highest BCUT2D eigenvalue weighted by atomic mass is 19.1. The Kier molecular flexibility index (Phi) is 7.28. The summed E-state index contributed by atoms with van der Waals surface area (Å²) in [6.07, 6.45) is 7.28. The molecule has 3 N–H and O–H groups in total. The van der Waals surface area contributed by atoms with Crippen LogP contribution in [-0.4, -0.2) is 49.6 Å². The van der Waals surface area contributed by atoms with E-state index in [-0.39, 0.29) is 23.9 Å². The van der Waals surface area contributed by atoms with Gasteiger partial charge in [-0.2, -0.15) is 0 Å². The zero-order valence-corrected chi connectivity index (χ0v) is 21.3. The van der Waals surface area contributed by atoms with Crippen molar-refractivity contribution in [3.63, 3.8) is 0 Å². The van der Waals surface area contributed by atoms with E-state index in [9.17, 15) is 14.7 Å². The van der Waals surface area contributed by atoms with Gasteiger partial charge in [-0.05, 0) is 56.6 Å². The molecule has 3 heterocycles. The molecular weight excluding hydrogens is 477 g/mol. The molecule has 9 nitrogen and oxygen atoms in total. The third kappa shape index (κ3) is 5.12.